The SMILES string of the molecule is C=C(C)CN1C(=O)N[C@@](CC)(C2CCN(C[C@@H](C)c3ccccc3)CC2)C1=O. The third-order valence-corrected chi connectivity index (χ3v) is 6.37. The van der Waals surface area contributed by atoms with Gasteiger partial charge in [0.25, 0.3) is 5.91 Å². The summed E-state index contributed by atoms with van der Waals surface area (Å²) >= 11 is 0. The Kier molecular flexibility index (Phi) is 6.23. The van der Waals surface area contributed by atoms with E-state index in [0.29, 0.717) is 18.9 Å². The fourth-order valence-corrected chi connectivity index (χ4v) is 4.75. The predicted octanol–water partition coefficient (Wildman–Crippen LogP) is 3.78. The van der Waals surface area contributed by atoms with Crippen molar-refractivity contribution in [1.29, 1.82) is 0 Å². The number of rotatable bonds is 7. The molecular weight excluding hydrogens is 350 g/mol. The summed E-state index contributed by atoms with van der Waals surface area (Å²) in [5.41, 5.74) is 1.44. The van der Waals surface area contributed by atoms with E-state index in [9.17, 15) is 9.59 Å². The minimum Gasteiger partial charge on any atom is -0.323 e. The van der Waals surface area contributed by atoms with E-state index in [0.717, 1.165) is 38.0 Å². The molecule has 0 aromatic heterocycles. The zero-order valence-electron chi connectivity index (χ0n) is 17.4. The number of benzene rings is 1. The molecule has 5 heteroatoms. The molecule has 0 bridgehead atoms. The number of carbonyl (C=O) groups excluding carboxylic acids is 2. The summed E-state index contributed by atoms with van der Waals surface area (Å²) in [6, 6.07) is 10.3. The molecule has 2 atom stereocenters. The molecule has 3 amide bonds. The number of urea groups is 1. The van der Waals surface area contributed by atoms with Crippen molar-refractivity contribution in [3.8, 4) is 0 Å². The van der Waals surface area contributed by atoms with Gasteiger partial charge in [-0.25, -0.2) is 4.79 Å². The van der Waals surface area contributed by atoms with Gasteiger partial charge in [0, 0.05) is 6.54 Å². The second kappa shape index (κ2) is 8.48. The molecule has 2 saturated heterocycles. The van der Waals surface area contributed by atoms with Gasteiger partial charge in [0.1, 0.15) is 5.54 Å². The Balaban J connectivity index is 1.62. The van der Waals surface area contributed by atoms with Crippen molar-refractivity contribution in [3.05, 3.63) is 48.0 Å². The molecule has 28 heavy (non-hydrogen) atoms. The summed E-state index contributed by atoms with van der Waals surface area (Å²) in [4.78, 5) is 29.4. The third kappa shape index (κ3) is 4.00. The van der Waals surface area contributed by atoms with Gasteiger partial charge < -0.3 is 10.2 Å². The van der Waals surface area contributed by atoms with Gasteiger partial charge in [-0.2, -0.15) is 0 Å². The number of nitrogens with zero attached hydrogens (tertiary/aromatic N) is 2. The second-order valence-corrected chi connectivity index (χ2v) is 8.49. The molecule has 1 aromatic carbocycles. The van der Waals surface area contributed by atoms with Crippen LogP contribution in [0, 0.1) is 5.92 Å². The van der Waals surface area contributed by atoms with Crippen LogP contribution in [-0.2, 0) is 4.79 Å². The van der Waals surface area contributed by atoms with Crippen LogP contribution in [0.5, 0.6) is 0 Å². The maximum absolute atomic E-state index is 13.1. The van der Waals surface area contributed by atoms with Crippen LogP contribution in [0.2, 0.25) is 0 Å². The van der Waals surface area contributed by atoms with E-state index in [4.69, 9.17) is 0 Å². The molecule has 5 nitrogen and oxygen atoms in total. The molecule has 2 aliphatic rings. The predicted molar refractivity (Wildman–Crippen MR) is 112 cm³/mol. The molecular formula is C23H33N3O2. The number of amides is 3. The largest absolute Gasteiger partial charge is 0.325 e. The zero-order chi connectivity index (χ0) is 20.3. The lowest BCUT2D eigenvalue weighted by molar-refractivity contribution is -0.133. The average molecular weight is 384 g/mol. The quantitative estimate of drug-likeness (QED) is 0.576. The fourth-order valence-electron chi connectivity index (χ4n) is 4.75. The maximum Gasteiger partial charge on any atom is 0.325 e. The number of hydrogen-bond acceptors (Lipinski definition) is 3. The monoisotopic (exact) mass is 383 g/mol. The van der Waals surface area contributed by atoms with Crippen LogP contribution in [0.1, 0.15) is 51.5 Å². The normalized spacial score (nSPS) is 25.0. The van der Waals surface area contributed by atoms with Crippen LogP contribution in [-0.4, -0.2) is 53.5 Å². The Hall–Kier alpha value is -2.14. The maximum atomic E-state index is 13.1. The van der Waals surface area contributed by atoms with Crippen molar-refractivity contribution in [2.24, 2.45) is 5.92 Å². The highest BCUT2D eigenvalue weighted by atomic mass is 16.2. The van der Waals surface area contributed by atoms with Crippen molar-refractivity contribution in [2.45, 2.75) is 51.5 Å². The standard InChI is InChI=1S/C23H33N3O2/c1-5-23(21(27)26(15-17(2)3)22(28)24-23)20-11-13-25(14-12-20)16-18(4)19-9-7-6-8-10-19/h6-10,18,20H,2,5,11-16H2,1,3-4H3,(H,24,28)/t18-,23+/m1/s1. The summed E-state index contributed by atoms with van der Waals surface area (Å²) in [5, 5.41) is 3.05. The van der Waals surface area contributed by atoms with E-state index in [2.05, 4.69) is 54.1 Å². The molecule has 0 saturated carbocycles. The fraction of sp³-hybridized carbons (Fsp3) is 0.565. The second-order valence-electron chi connectivity index (χ2n) is 8.49. The van der Waals surface area contributed by atoms with Gasteiger partial charge in [-0.3, -0.25) is 9.69 Å². The van der Waals surface area contributed by atoms with Crippen LogP contribution < -0.4 is 5.32 Å². The topological polar surface area (TPSA) is 52.7 Å². The summed E-state index contributed by atoms with van der Waals surface area (Å²) in [6.45, 7) is 13.2. The molecule has 0 aliphatic carbocycles. The number of imide groups is 1. The Labute approximate surface area is 168 Å². The Morgan fingerprint density at radius 3 is 2.46 bits per heavy atom. The molecule has 0 unspecified atom stereocenters. The van der Waals surface area contributed by atoms with Gasteiger partial charge in [0.2, 0.25) is 0 Å². The van der Waals surface area contributed by atoms with Crippen molar-refractivity contribution < 1.29 is 9.59 Å². The number of hydrogen-bond donors (Lipinski definition) is 1. The molecule has 1 aromatic rings. The number of carbonyl (C=O) groups is 2. The summed E-state index contributed by atoms with van der Waals surface area (Å²) in [7, 11) is 0. The smallest absolute Gasteiger partial charge is 0.323 e. The Morgan fingerprint density at radius 2 is 1.89 bits per heavy atom. The first-order chi connectivity index (χ1) is 13.4. The molecule has 0 spiro atoms. The highest BCUT2D eigenvalue weighted by Crippen LogP contribution is 2.36. The lowest BCUT2D eigenvalue weighted by atomic mass is 9.75. The van der Waals surface area contributed by atoms with Gasteiger partial charge in [-0.1, -0.05) is 56.3 Å². The van der Waals surface area contributed by atoms with E-state index in [-0.39, 0.29) is 17.9 Å². The summed E-state index contributed by atoms with van der Waals surface area (Å²) < 4.78 is 0. The third-order valence-electron chi connectivity index (χ3n) is 6.37. The van der Waals surface area contributed by atoms with Crippen molar-refractivity contribution in [1.82, 2.24) is 15.1 Å². The van der Waals surface area contributed by atoms with E-state index in [1.54, 1.807) is 0 Å². The van der Waals surface area contributed by atoms with Gasteiger partial charge in [0.15, 0.2) is 0 Å². The van der Waals surface area contributed by atoms with Gasteiger partial charge in [-0.15, -0.1) is 0 Å². The van der Waals surface area contributed by atoms with E-state index < -0.39 is 5.54 Å². The lowest BCUT2D eigenvalue weighted by Crippen LogP contribution is -2.56. The van der Waals surface area contributed by atoms with E-state index in [1.807, 2.05) is 13.8 Å². The van der Waals surface area contributed by atoms with E-state index in [1.165, 1.54) is 10.5 Å². The average Bonchev–Trinajstić information content (AvgIpc) is 2.94. The minimum atomic E-state index is -0.746. The zero-order valence-corrected chi connectivity index (χ0v) is 17.4. The first kappa shape index (κ1) is 20.6. The molecule has 152 valence electrons. The van der Waals surface area contributed by atoms with Crippen LogP contribution in [0.15, 0.2) is 42.5 Å². The molecule has 3 rings (SSSR count). The lowest BCUT2D eigenvalue weighted by Gasteiger charge is -2.41. The van der Waals surface area contributed by atoms with Gasteiger partial charge >= 0.3 is 6.03 Å². The summed E-state index contributed by atoms with van der Waals surface area (Å²) in [6.07, 6.45) is 2.50. The molecule has 2 fully saturated rings. The van der Waals surface area contributed by atoms with E-state index >= 15 is 0 Å². The molecule has 2 heterocycles. The van der Waals surface area contributed by atoms with Crippen molar-refractivity contribution >= 4 is 11.9 Å². The van der Waals surface area contributed by atoms with Crippen LogP contribution in [0.4, 0.5) is 4.79 Å². The van der Waals surface area contributed by atoms with Crippen molar-refractivity contribution in [2.75, 3.05) is 26.2 Å². The van der Waals surface area contributed by atoms with Crippen LogP contribution in [0.25, 0.3) is 0 Å². The highest BCUT2D eigenvalue weighted by molar-refractivity contribution is 6.07. The first-order valence-corrected chi connectivity index (χ1v) is 10.4. The molecule has 0 radical (unpaired) electrons. The molecule has 2 aliphatic heterocycles. The van der Waals surface area contributed by atoms with Crippen LogP contribution in [0.3, 0.4) is 0 Å². The number of piperidine rings is 1. The molecule has 1 N–H and O–H groups in total. The number of nitrogens with one attached hydrogen (secondary N) is 1. The number of likely N-dealkylation sites (tertiary alicyclic amines) is 1. The van der Waals surface area contributed by atoms with Gasteiger partial charge in [0.05, 0.1) is 6.54 Å². The van der Waals surface area contributed by atoms with Crippen LogP contribution >= 0.6 is 0 Å². The van der Waals surface area contributed by atoms with Crippen molar-refractivity contribution in [3.63, 3.8) is 0 Å². The summed E-state index contributed by atoms with van der Waals surface area (Å²) in [5.74, 6) is 0.600. The Bertz CT molecular complexity index is 725. The minimum absolute atomic E-state index is 0.0703. The first-order valence-electron chi connectivity index (χ1n) is 10.4. The Morgan fingerprint density at radius 1 is 1.25 bits per heavy atom. The van der Waals surface area contributed by atoms with Gasteiger partial charge in [-0.05, 0) is 56.7 Å². The highest BCUT2D eigenvalue weighted by Gasteiger charge is 2.54.